The van der Waals surface area contributed by atoms with Gasteiger partial charge in [-0.3, -0.25) is 4.57 Å². The van der Waals surface area contributed by atoms with Crippen LogP contribution in [0, 0.1) is 35.5 Å². The van der Waals surface area contributed by atoms with Gasteiger partial charge in [0.05, 0.1) is 12.2 Å². The highest BCUT2D eigenvalue weighted by Crippen LogP contribution is 2.61. The van der Waals surface area contributed by atoms with E-state index in [4.69, 9.17) is 9.05 Å². The Hall–Kier alpha value is 0.880. The minimum Gasteiger partial charge on any atom is -0.304 e. The molecule has 2 rings (SSSR count). The van der Waals surface area contributed by atoms with Crippen LogP contribution in [0.15, 0.2) is 0 Å². The number of alkyl halides is 1. The van der Waals surface area contributed by atoms with Crippen molar-refractivity contribution in [1.29, 1.82) is 0 Å². The minimum atomic E-state index is -3.15. The highest BCUT2D eigenvalue weighted by Gasteiger charge is 2.44. The summed E-state index contributed by atoms with van der Waals surface area (Å²) in [5, 5.41) is 0. The Kier molecular flexibility index (Phi) is 9.18. The van der Waals surface area contributed by atoms with Crippen molar-refractivity contribution >= 4 is 30.2 Å². The van der Waals surface area contributed by atoms with Crippen molar-refractivity contribution < 1.29 is 13.6 Å². The third-order valence-corrected chi connectivity index (χ3v) is 11.0. The molecule has 5 heteroatoms. The SMILES string of the molecule is CC(C)[C@@H]1CC[C@@H](C)C[C@H]1OP(=O)(O[C@@H]1C[C@H](C)CC[C@H]1C(C)C)C(C)I. The third-order valence-electron chi connectivity index (χ3n) is 6.92. The first-order valence-electron chi connectivity index (χ1n) is 11.1. The topological polar surface area (TPSA) is 35.5 Å². The maximum Gasteiger partial charge on any atom is 0.343 e. The van der Waals surface area contributed by atoms with Gasteiger partial charge in [-0.15, -0.1) is 0 Å². The highest BCUT2D eigenvalue weighted by atomic mass is 127. The molecule has 0 N–H and O–H groups in total. The molecule has 2 saturated carbocycles. The first-order chi connectivity index (χ1) is 12.5. The highest BCUT2D eigenvalue weighted by molar-refractivity contribution is 14.1. The van der Waals surface area contributed by atoms with E-state index in [2.05, 4.69) is 64.1 Å². The molecule has 0 aromatic rings. The second kappa shape index (κ2) is 10.3. The largest absolute Gasteiger partial charge is 0.343 e. The molecule has 0 spiro atoms. The molecule has 0 bridgehead atoms. The quantitative estimate of drug-likeness (QED) is 0.198. The van der Waals surface area contributed by atoms with Crippen molar-refractivity contribution in [2.24, 2.45) is 35.5 Å². The Bertz CT molecular complexity index is 470. The average Bonchev–Trinajstić information content (AvgIpc) is 2.54. The molecule has 2 fully saturated rings. The molecule has 3 nitrogen and oxygen atoms in total. The molecule has 0 saturated heterocycles. The lowest BCUT2D eigenvalue weighted by atomic mass is 9.75. The van der Waals surface area contributed by atoms with Crippen LogP contribution in [0.3, 0.4) is 0 Å². The smallest absolute Gasteiger partial charge is 0.304 e. The lowest BCUT2D eigenvalue weighted by Gasteiger charge is -2.42. The zero-order valence-electron chi connectivity index (χ0n) is 18.5. The Morgan fingerprint density at radius 2 is 1.15 bits per heavy atom. The van der Waals surface area contributed by atoms with Gasteiger partial charge in [0.1, 0.15) is 3.67 Å². The van der Waals surface area contributed by atoms with Crippen molar-refractivity contribution in [3.05, 3.63) is 0 Å². The van der Waals surface area contributed by atoms with E-state index in [9.17, 15) is 4.57 Å². The fourth-order valence-corrected chi connectivity index (χ4v) is 7.45. The van der Waals surface area contributed by atoms with Crippen molar-refractivity contribution in [3.63, 3.8) is 0 Å². The summed E-state index contributed by atoms with van der Waals surface area (Å²) in [6, 6.07) is 0. The third kappa shape index (κ3) is 6.43. The van der Waals surface area contributed by atoms with Crippen LogP contribution in [0.1, 0.15) is 87.0 Å². The molecular weight excluding hydrogens is 470 g/mol. The standard InChI is InChI=1S/C22H42IO3P/c1-14(2)19-10-8-16(5)12-21(19)25-27(24,18(7)23)26-22-13-17(6)9-11-20(22)15(3)4/h14-22H,8-13H2,1-7H3/t16-,17-,18?,19+,20+,21-,22-/m1/s1. The fourth-order valence-electron chi connectivity index (χ4n) is 5.04. The van der Waals surface area contributed by atoms with Gasteiger partial charge in [0.2, 0.25) is 0 Å². The monoisotopic (exact) mass is 512 g/mol. The van der Waals surface area contributed by atoms with Crippen molar-refractivity contribution in [1.82, 2.24) is 0 Å². The van der Waals surface area contributed by atoms with E-state index in [1.807, 2.05) is 6.92 Å². The summed E-state index contributed by atoms with van der Waals surface area (Å²) in [6.07, 6.45) is 7.00. The summed E-state index contributed by atoms with van der Waals surface area (Å²) >= 11 is 2.26. The number of halogens is 1. The van der Waals surface area contributed by atoms with Crippen LogP contribution in [0.5, 0.6) is 0 Å². The van der Waals surface area contributed by atoms with Gasteiger partial charge in [0.25, 0.3) is 0 Å². The van der Waals surface area contributed by atoms with Gasteiger partial charge in [-0.1, -0.05) is 77.0 Å². The van der Waals surface area contributed by atoms with Crippen LogP contribution in [-0.4, -0.2) is 15.9 Å². The first kappa shape index (κ1) is 24.2. The van der Waals surface area contributed by atoms with Crippen LogP contribution < -0.4 is 0 Å². The Morgan fingerprint density at radius 1 is 0.778 bits per heavy atom. The van der Waals surface area contributed by atoms with Gasteiger partial charge in [-0.2, -0.15) is 0 Å². The first-order valence-corrected chi connectivity index (χ1v) is 14.0. The van der Waals surface area contributed by atoms with Crippen molar-refractivity contribution in [2.75, 3.05) is 0 Å². The molecule has 7 atom stereocenters. The fraction of sp³-hybridized carbons (Fsp3) is 1.00. The van der Waals surface area contributed by atoms with E-state index in [-0.39, 0.29) is 15.9 Å². The zero-order chi connectivity index (χ0) is 20.4. The van der Waals surface area contributed by atoms with E-state index in [1.165, 1.54) is 25.7 Å². The molecule has 160 valence electrons. The zero-order valence-corrected chi connectivity index (χ0v) is 21.5. The second-order valence-corrected chi connectivity index (χ2v) is 15.2. The number of rotatable bonds is 7. The lowest BCUT2D eigenvalue weighted by molar-refractivity contribution is -0.00351. The average molecular weight is 512 g/mol. The molecule has 2 aliphatic carbocycles. The predicted molar refractivity (Wildman–Crippen MR) is 124 cm³/mol. The molecule has 0 aromatic carbocycles. The van der Waals surface area contributed by atoms with Gasteiger partial charge < -0.3 is 9.05 Å². The van der Waals surface area contributed by atoms with Crippen LogP contribution in [0.4, 0.5) is 0 Å². The Balaban J connectivity index is 2.18. The number of hydrogen-bond acceptors (Lipinski definition) is 3. The Morgan fingerprint density at radius 3 is 1.44 bits per heavy atom. The summed E-state index contributed by atoms with van der Waals surface area (Å²) in [5.41, 5.74) is 0. The lowest BCUT2D eigenvalue weighted by Crippen LogP contribution is -2.37. The Labute approximate surface area is 181 Å². The predicted octanol–water partition coefficient (Wildman–Crippen LogP) is 7.92. The van der Waals surface area contributed by atoms with Crippen molar-refractivity contribution in [3.8, 4) is 0 Å². The maximum atomic E-state index is 13.9. The van der Waals surface area contributed by atoms with E-state index in [0.29, 0.717) is 35.5 Å². The van der Waals surface area contributed by atoms with Crippen LogP contribution in [0.2, 0.25) is 0 Å². The minimum absolute atomic E-state index is 0.0651. The molecule has 0 heterocycles. The van der Waals surface area contributed by atoms with E-state index < -0.39 is 7.60 Å². The molecule has 27 heavy (non-hydrogen) atoms. The summed E-state index contributed by atoms with van der Waals surface area (Å²) in [5.74, 6) is 3.36. The number of hydrogen-bond donors (Lipinski definition) is 0. The molecule has 0 radical (unpaired) electrons. The normalized spacial score (nSPS) is 37.0. The van der Waals surface area contributed by atoms with Gasteiger partial charge in [0.15, 0.2) is 0 Å². The molecule has 0 aromatic heterocycles. The molecule has 0 aliphatic heterocycles. The summed E-state index contributed by atoms with van der Waals surface area (Å²) in [4.78, 5) is 0. The van der Waals surface area contributed by atoms with Crippen LogP contribution in [-0.2, 0) is 13.6 Å². The summed E-state index contributed by atoms with van der Waals surface area (Å²) < 4.78 is 26.8. The molecular formula is C22H42IO3P. The second-order valence-electron chi connectivity index (χ2n) is 10.1. The van der Waals surface area contributed by atoms with Gasteiger partial charge >= 0.3 is 7.60 Å². The van der Waals surface area contributed by atoms with E-state index >= 15 is 0 Å². The van der Waals surface area contributed by atoms with E-state index in [0.717, 1.165) is 12.8 Å². The van der Waals surface area contributed by atoms with Gasteiger partial charge in [-0.25, -0.2) is 0 Å². The van der Waals surface area contributed by atoms with Crippen LogP contribution >= 0.6 is 30.2 Å². The molecule has 1 unspecified atom stereocenters. The molecule has 0 amide bonds. The van der Waals surface area contributed by atoms with Gasteiger partial charge in [-0.05, 0) is 68.1 Å². The maximum absolute atomic E-state index is 13.9. The van der Waals surface area contributed by atoms with Gasteiger partial charge in [0, 0.05) is 0 Å². The van der Waals surface area contributed by atoms with Crippen LogP contribution in [0.25, 0.3) is 0 Å². The van der Waals surface area contributed by atoms with E-state index in [1.54, 1.807) is 0 Å². The van der Waals surface area contributed by atoms with Crippen molar-refractivity contribution in [2.45, 2.75) is 103 Å². The molecule has 2 aliphatic rings. The summed E-state index contributed by atoms with van der Waals surface area (Å²) in [7, 11) is -3.15. The summed E-state index contributed by atoms with van der Waals surface area (Å²) in [6.45, 7) is 15.7.